The van der Waals surface area contributed by atoms with E-state index in [-0.39, 0.29) is 23.5 Å². The van der Waals surface area contributed by atoms with Crippen LogP contribution < -0.4 is 5.32 Å². The Kier molecular flexibility index (Phi) is 5.91. The van der Waals surface area contributed by atoms with Crippen LogP contribution in [0.15, 0.2) is 103 Å². The monoisotopic (exact) mass is 463 g/mol. The van der Waals surface area contributed by atoms with Gasteiger partial charge in [0.25, 0.3) is 0 Å². The van der Waals surface area contributed by atoms with Gasteiger partial charge in [-0.05, 0) is 41.3 Å². The van der Waals surface area contributed by atoms with Gasteiger partial charge in [-0.25, -0.2) is 0 Å². The lowest BCUT2D eigenvalue weighted by Gasteiger charge is -2.23. The van der Waals surface area contributed by atoms with Crippen molar-refractivity contribution in [3.8, 4) is 0 Å². The molecule has 174 valence electrons. The van der Waals surface area contributed by atoms with Crippen LogP contribution in [0, 0.1) is 23.7 Å². The van der Waals surface area contributed by atoms with E-state index in [1.807, 2.05) is 72.8 Å². The summed E-state index contributed by atoms with van der Waals surface area (Å²) in [6, 6.07) is 26.5. The predicted octanol–water partition coefficient (Wildman–Crippen LogP) is 5.46. The molecule has 1 saturated carbocycles. The molecule has 0 spiro atoms. The summed E-state index contributed by atoms with van der Waals surface area (Å²) in [5, 5.41) is 13.1. The molecule has 35 heavy (non-hydrogen) atoms. The van der Waals surface area contributed by atoms with Gasteiger partial charge in [0.15, 0.2) is 5.78 Å². The highest BCUT2D eigenvalue weighted by atomic mass is 16.4. The molecule has 0 aliphatic heterocycles. The summed E-state index contributed by atoms with van der Waals surface area (Å²) in [6.07, 6.45) is 3.91. The van der Waals surface area contributed by atoms with E-state index in [9.17, 15) is 19.5 Å². The average Bonchev–Trinajstić information content (AvgIpc) is 3.42. The molecule has 1 fully saturated rings. The van der Waals surface area contributed by atoms with Gasteiger partial charge in [-0.15, -0.1) is 0 Å². The van der Waals surface area contributed by atoms with Gasteiger partial charge < -0.3 is 10.4 Å². The van der Waals surface area contributed by atoms with Crippen molar-refractivity contribution in [1.82, 2.24) is 0 Å². The van der Waals surface area contributed by atoms with E-state index >= 15 is 0 Å². The van der Waals surface area contributed by atoms with Gasteiger partial charge in [0.1, 0.15) is 0 Å². The number of aliphatic carboxylic acids is 1. The van der Waals surface area contributed by atoms with Crippen LogP contribution in [-0.4, -0.2) is 22.8 Å². The van der Waals surface area contributed by atoms with Gasteiger partial charge >= 0.3 is 5.97 Å². The number of rotatable bonds is 6. The molecular weight excluding hydrogens is 438 g/mol. The molecule has 0 radical (unpaired) electrons. The molecule has 3 aromatic carbocycles. The third-order valence-electron chi connectivity index (χ3n) is 6.94. The Morgan fingerprint density at radius 3 is 1.80 bits per heavy atom. The molecule has 5 nitrogen and oxygen atoms in total. The van der Waals surface area contributed by atoms with Crippen LogP contribution in [0.2, 0.25) is 0 Å². The number of carboxylic acid groups (broad SMARTS) is 1. The highest BCUT2D eigenvalue weighted by molar-refractivity contribution is 6.00. The second-order valence-electron chi connectivity index (χ2n) is 9.01. The Bertz CT molecular complexity index is 1320. The third kappa shape index (κ3) is 4.10. The van der Waals surface area contributed by atoms with E-state index in [1.165, 1.54) is 6.92 Å². The fourth-order valence-electron chi connectivity index (χ4n) is 5.46. The molecule has 2 bridgehead atoms. The number of carbonyl (C=O) groups excluding carboxylic acids is 2. The first-order valence-corrected chi connectivity index (χ1v) is 11.6. The molecule has 0 aromatic heterocycles. The highest BCUT2D eigenvalue weighted by Crippen LogP contribution is 2.55. The van der Waals surface area contributed by atoms with Crippen molar-refractivity contribution in [2.45, 2.75) is 6.92 Å². The normalized spacial score (nSPS) is 22.1. The van der Waals surface area contributed by atoms with Crippen LogP contribution in [0.4, 0.5) is 5.69 Å². The molecule has 2 N–H and O–H groups in total. The smallest absolute Gasteiger partial charge is 0.308 e. The van der Waals surface area contributed by atoms with Crippen molar-refractivity contribution in [2.24, 2.45) is 23.7 Å². The summed E-state index contributed by atoms with van der Waals surface area (Å²) in [4.78, 5) is 37.8. The Hall–Kier alpha value is -4.25. The number of hydrogen-bond acceptors (Lipinski definition) is 3. The Morgan fingerprint density at radius 2 is 1.26 bits per heavy atom. The van der Waals surface area contributed by atoms with Crippen molar-refractivity contribution in [1.29, 1.82) is 0 Å². The van der Waals surface area contributed by atoms with Gasteiger partial charge in [0, 0.05) is 23.1 Å². The topological polar surface area (TPSA) is 83.5 Å². The van der Waals surface area contributed by atoms with Gasteiger partial charge in [-0.2, -0.15) is 0 Å². The Morgan fingerprint density at radius 1 is 0.714 bits per heavy atom. The van der Waals surface area contributed by atoms with E-state index in [0.717, 1.165) is 22.3 Å². The maximum absolute atomic E-state index is 13.5. The maximum atomic E-state index is 13.5. The summed E-state index contributed by atoms with van der Waals surface area (Å²) >= 11 is 0. The summed E-state index contributed by atoms with van der Waals surface area (Å²) < 4.78 is 0. The number of ketones is 1. The zero-order chi connectivity index (χ0) is 24.5. The van der Waals surface area contributed by atoms with Gasteiger partial charge in [-0.1, -0.05) is 84.9 Å². The van der Waals surface area contributed by atoms with Crippen molar-refractivity contribution in [3.05, 3.63) is 119 Å². The number of carbonyl (C=O) groups is 3. The minimum absolute atomic E-state index is 0.104. The van der Waals surface area contributed by atoms with Crippen molar-refractivity contribution in [3.63, 3.8) is 0 Å². The molecule has 3 aromatic rings. The number of allylic oxidation sites excluding steroid dienone is 3. The molecule has 2 aliphatic carbocycles. The fraction of sp³-hybridized carbons (Fsp3) is 0.167. The molecule has 5 heteroatoms. The molecule has 0 unspecified atom stereocenters. The zero-order valence-electron chi connectivity index (χ0n) is 19.2. The number of hydrogen-bond donors (Lipinski definition) is 2. The van der Waals surface area contributed by atoms with Crippen molar-refractivity contribution in [2.75, 3.05) is 5.32 Å². The van der Waals surface area contributed by atoms with Crippen molar-refractivity contribution < 1.29 is 19.5 Å². The van der Waals surface area contributed by atoms with Crippen LogP contribution in [-0.2, 0) is 9.59 Å². The van der Waals surface area contributed by atoms with Crippen LogP contribution in [0.5, 0.6) is 0 Å². The molecule has 2 aliphatic rings. The first kappa shape index (κ1) is 22.5. The number of nitrogens with one attached hydrogen (secondary N) is 1. The van der Waals surface area contributed by atoms with Gasteiger partial charge in [0.2, 0.25) is 5.91 Å². The van der Waals surface area contributed by atoms with Crippen molar-refractivity contribution >= 4 is 28.9 Å². The number of fused-ring (bicyclic) bond motifs is 2. The molecule has 4 atom stereocenters. The van der Waals surface area contributed by atoms with Crippen LogP contribution in [0.25, 0.3) is 5.57 Å². The number of carboxylic acids is 1. The molecule has 1 amide bonds. The third-order valence-corrected chi connectivity index (χ3v) is 6.94. The number of amides is 1. The second-order valence-corrected chi connectivity index (χ2v) is 9.01. The van der Waals surface area contributed by atoms with E-state index in [0.29, 0.717) is 11.3 Å². The Balaban J connectivity index is 1.60. The zero-order valence-corrected chi connectivity index (χ0v) is 19.2. The quantitative estimate of drug-likeness (QED) is 0.375. The summed E-state index contributed by atoms with van der Waals surface area (Å²) in [6.45, 7) is 1.47. The second kappa shape index (κ2) is 9.18. The first-order chi connectivity index (χ1) is 17.0. The van der Waals surface area contributed by atoms with E-state index in [2.05, 4.69) is 5.32 Å². The maximum Gasteiger partial charge on any atom is 0.308 e. The lowest BCUT2D eigenvalue weighted by atomic mass is 9.82. The summed E-state index contributed by atoms with van der Waals surface area (Å²) in [7, 11) is 0. The minimum Gasteiger partial charge on any atom is -0.481 e. The highest BCUT2D eigenvalue weighted by Gasteiger charge is 2.55. The lowest BCUT2D eigenvalue weighted by Crippen LogP contribution is -2.36. The minimum atomic E-state index is -0.988. The van der Waals surface area contributed by atoms with Crippen LogP contribution in [0.3, 0.4) is 0 Å². The molecule has 0 saturated heterocycles. The van der Waals surface area contributed by atoms with Crippen LogP contribution in [0.1, 0.15) is 28.4 Å². The van der Waals surface area contributed by atoms with Crippen LogP contribution >= 0.6 is 0 Å². The van der Waals surface area contributed by atoms with E-state index < -0.39 is 17.8 Å². The molecular formula is C30H25NO4. The standard InChI is InChI=1S/C30H25NO4/c1-18(32)21-13-8-14-22(17-21)31-29(33)27-23-15-16-24(28(27)30(34)35)26(23)25(19-9-4-2-5-10-19)20-11-6-3-7-12-20/h2-17,23-24,27-28H,1H3,(H,31,33)(H,34,35)/t23-,24+,27+,28+/m0/s1. The van der Waals surface area contributed by atoms with E-state index in [1.54, 1.807) is 24.3 Å². The van der Waals surface area contributed by atoms with Gasteiger partial charge in [-0.3, -0.25) is 14.4 Å². The average molecular weight is 464 g/mol. The van der Waals surface area contributed by atoms with Gasteiger partial charge in [0.05, 0.1) is 11.8 Å². The largest absolute Gasteiger partial charge is 0.481 e. The lowest BCUT2D eigenvalue weighted by molar-refractivity contribution is -0.146. The fourth-order valence-corrected chi connectivity index (χ4v) is 5.46. The summed E-state index contributed by atoms with van der Waals surface area (Å²) in [5.41, 5.74) is 4.90. The molecule has 0 heterocycles. The SMILES string of the molecule is CC(=O)c1cccc(NC(=O)[C@H]2[C@H](C(=O)O)[C@@H]3C=C[C@H]2C3=C(c2ccccc2)c2ccccc2)c1. The number of benzene rings is 3. The molecule has 5 rings (SSSR count). The predicted molar refractivity (Wildman–Crippen MR) is 135 cm³/mol. The first-order valence-electron chi connectivity index (χ1n) is 11.6. The van der Waals surface area contributed by atoms with E-state index in [4.69, 9.17) is 0 Å². The Labute approximate surface area is 203 Å². The summed E-state index contributed by atoms with van der Waals surface area (Å²) in [5.74, 6) is -3.81. The number of anilines is 1. The number of Topliss-reactive ketones (excluding diaryl/α,β-unsaturated/α-hetero) is 1.